The first-order valence-corrected chi connectivity index (χ1v) is 6.86. The van der Waals surface area contributed by atoms with E-state index in [-0.39, 0.29) is 18.3 Å². The van der Waals surface area contributed by atoms with Crippen molar-refractivity contribution in [1.82, 2.24) is 0 Å². The Kier molecular flexibility index (Phi) is 3.55. The highest BCUT2D eigenvalue weighted by Gasteiger charge is 2.27. The summed E-state index contributed by atoms with van der Waals surface area (Å²) in [6.07, 6.45) is 0.520. The van der Waals surface area contributed by atoms with Crippen molar-refractivity contribution in [2.24, 2.45) is 0 Å². The third-order valence-corrected chi connectivity index (χ3v) is 4.07. The molecule has 1 aliphatic carbocycles. The van der Waals surface area contributed by atoms with Gasteiger partial charge < -0.3 is 10.2 Å². The van der Waals surface area contributed by atoms with E-state index in [9.17, 15) is 14.6 Å². The molecule has 2 aromatic rings. The molecule has 0 amide bonds. The molecule has 0 bridgehead atoms. The molecule has 0 heterocycles. The summed E-state index contributed by atoms with van der Waals surface area (Å²) in [5.41, 5.74) is 3.49. The van der Waals surface area contributed by atoms with Gasteiger partial charge in [0.05, 0.1) is 0 Å². The third-order valence-electron chi connectivity index (χ3n) is 4.07. The summed E-state index contributed by atoms with van der Waals surface area (Å²) in [7, 11) is 0. The summed E-state index contributed by atoms with van der Waals surface area (Å²) in [6, 6.07) is 12.3. The molecule has 0 spiro atoms. The standard InChI is InChI=1S/C17H17FO2/c18-13-5-6-15-12(10-13)9-11(7-8-19)14-3-1-2-4-16(14)17(15)20/h1-6,10-11,17,19-20H,7-9H2. The van der Waals surface area contributed by atoms with Crippen LogP contribution in [0.1, 0.15) is 40.7 Å². The summed E-state index contributed by atoms with van der Waals surface area (Å²) in [5, 5.41) is 19.9. The van der Waals surface area contributed by atoms with Crippen molar-refractivity contribution in [2.75, 3.05) is 6.61 Å². The van der Waals surface area contributed by atoms with Crippen LogP contribution in [0.25, 0.3) is 0 Å². The maximum Gasteiger partial charge on any atom is 0.123 e. The molecule has 2 atom stereocenters. The van der Waals surface area contributed by atoms with Crippen molar-refractivity contribution >= 4 is 0 Å². The molecule has 3 rings (SSSR count). The largest absolute Gasteiger partial charge is 0.396 e. The van der Waals surface area contributed by atoms with Gasteiger partial charge in [0.25, 0.3) is 0 Å². The Morgan fingerprint density at radius 1 is 1.05 bits per heavy atom. The van der Waals surface area contributed by atoms with Gasteiger partial charge in [0, 0.05) is 6.61 Å². The molecular formula is C17H17FO2. The highest BCUT2D eigenvalue weighted by Crippen LogP contribution is 2.39. The van der Waals surface area contributed by atoms with Crippen molar-refractivity contribution < 1.29 is 14.6 Å². The molecule has 2 nitrogen and oxygen atoms in total. The van der Waals surface area contributed by atoms with Gasteiger partial charge in [-0.2, -0.15) is 0 Å². The minimum absolute atomic E-state index is 0.0831. The molecule has 0 aliphatic heterocycles. The molecule has 3 heteroatoms. The number of hydrogen-bond acceptors (Lipinski definition) is 2. The van der Waals surface area contributed by atoms with Gasteiger partial charge >= 0.3 is 0 Å². The minimum atomic E-state index is -0.731. The summed E-state index contributed by atoms with van der Waals surface area (Å²) in [4.78, 5) is 0. The Labute approximate surface area is 117 Å². The van der Waals surface area contributed by atoms with Gasteiger partial charge in [-0.05, 0) is 53.1 Å². The molecule has 1 aliphatic rings. The van der Waals surface area contributed by atoms with Crippen LogP contribution < -0.4 is 0 Å². The molecule has 104 valence electrons. The number of rotatable bonds is 2. The Morgan fingerprint density at radius 3 is 2.55 bits per heavy atom. The lowest BCUT2D eigenvalue weighted by Crippen LogP contribution is -2.06. The molecule has 2 unspecified atom stereocenters. The Balaban J connectivity index is 2.16. The van der Waals surface area contributed by atoms with E-state index in [2.05, 4.69) is 0 Å². The van der Waals surface area contributed by atoms with Crippen molar-refractivity contribution in [3.05, 3.63) is 70.5 Å². The van der Waals surface area contributed by atoms with E-state index in [1.165, 1.54) is 12.1 Å². The first-order chi connectivity index (χ1) is 9.70. The average Bonchev–Trinajstić information content (AvgIpc) is 2.56. The quantitative estimate of drug-likeness (QED) is 0.882. The zero-order valence-electron chi connectivity index (χ0n) is 11.1. The molecule has 2 aromatic carbocycles. The normalized spacial score (nSPS) is 20.9. The van der Waals surface area contributed by atoms with Gasteiger partial charge in [0.15, 0.2) is 0 Å². The SMILES string of the molecule is OCCC1Cc2cc(F)ccc2C(O)c2ccccc21. The Bertz CT molecular complexity index is 624. The van der Waals surface area contributed by atoms with Crippen LogP contribution in [0.2, 0.25) is 0 Å². The number of fused-ring (bicyclic) bond motifs is 2. The van der Waals surface area contributed by atoms with Gasteiger partial charge in [0.1, 0.15) is 11.9 Å². The van der Waals surface area contributed by atoms with Crippen LogP contribution in [0.3, 0.4) is 0 Å². The van der Waals surface area contributed by atoms with Crippen LogP contribution in [0.5, 0.6) is 0 Å². The lowest BCUT2D eigenvalue weighted by atomic mass is 9.89. The first kappa shape index (κ1) is 13.3. The van der Waals surface area contributed by atoms with Crippen LogP contribution >= 0.6 is 0 Å². The number of aliphatic hydroxyl groups is 2. The van der Waals surface area contributed by atoms with Gasteiger partial charge in [-0.1, -0.05) is 30.3 Å². The third kappa shape index (κ3) is 2.23. The predicted octanol–water partition coefficient (Wildman–Crippen LogP) is 2.93. The summed E-state index contributed by atoms with van der Waals surface area (Å²) in [6.45, 7) is 0.0831. The lowest BCUT2D eigenvalue weighted by Gasteiger charge is -2.17. The summed E-state index contributed by atoms with van der Waals surface area (Å²) >= 11 is 0. The van der Waals surface area contributed by atoms with Crippen molar-refractivity contribution in [3.8, 4) is 0 Å². The highest BCUT2D eigenvalue weighted by atomic mass is 19.1. The Hall–Kier alpha value is -1.71. The number of hydrogen-bond donors (Lipinski definition) is 2. The van der Waals surface area contributed by atoms with Crippen molar-refractivity contribution in [1.29, 1.82) is 0 Å². The van der Waals surface area contributed by atoms with E-state index in [1.807, 2.05) is 24.3 Å². The van der Waals surface area contributed by atoms with Crippen LogP contribution in [-0.4, -0.2) is 16.8 Å². The molecule has 2 N–H and O–H groups in total. The molecule has 20 heavy (non-hydrogen) atoms. The van der Waals surface area contributed by atoms with Crippen LogP contribution in [0.15, 0.2) is 42.5 Å². The minimum Gasteiger partial charge on any atom is -0.396 e. The van der Waals surface area contributed by atoms with Crippen LogP contribution in [-0.2, 0) is 6.42 Å². The molecule has 0 aromatic heterocycles. The molecule has 0 saturated heterocycles. The maximum atomic E-state index is 13.5. The van der Waals surface area contributed by atoms with Gasteiger partial charge in [-0.15, -0.1) is 0 Å². The van der Waals surface area contributed by atoms with Gasteiger partial charge in [-0.3, -0.25) is 0 Å². The van der Waals surface area contributed by atoms with Crippen LogP contribution in [0.4, 0.5) is 4.39 Å². The second kappa shape index (κ2) is 5.35. The lowest BCUT2D eigenvalue weighted by molar-refractivity contribution is 0.219. The monoisotopic (exact) mass is 272 g/mol. The van der Waals surface area contributed by atoms with Crippen LogP contribution in [0, 0.1) is 5.82 Å². The van der Waals surface area contributed by atoms with E-state index in [1.54, 1.807) is 6.07 Å². The fourth-order valence-corrected chi connectivity index (χ4v) is 3.11. The Morgan fingerprint density at radius 2 is 1.80 bits per heavy atom. The van der Waals surface area contributed by atoms with E-state index >= 15 is 0 Å². The molecule has 0 radical (unpaired) electrons. The zero-order chi connectivity index (χ0) is 14.1. The van der Waals surface area contributed by atoms with Crippen molar-refractivity contribution in [2.45, 2.75) is 24.9 Å². The van der Waals surface area contributed by atoms with Gasteiger partial charge in [0.2, 0.25) is 0 Å². The number of benzene rings is 2. The van der Waals surface area contributed by atoms with E-state index in [0.717, 1.165) is 22.3 Å². The summed E-state index contributed by atoms with van der Waals surface area (Å²) < 4.78 is 13.5. The fourth-order valence-electron chi connectivity index (χ4n) is 3.11. The topological polar surface area (TPSA) is 40.5 Å². The van der Waals surface area contributed by atoms with E-state index < -0.39 is 6.10 Å². The average molecular weight is 272 g/mol. The second-order valence-corrected chi connectivity index (χ2v) is 5.29. The molecule has 0 saturated carbocycles. The zero-order valence-corrected chi connectivity index (χ0v) is 11.1. The maximum absolute atomic E-state index is 13.5. The van der Waals surface area contributed by atoms with E-state index in [0.29, 0.717) is 12.8 Å². The first-order valence-electron chi connectivity index (χ1n) is 6.86. The predicted molar refractivity (Wildman–Crippen MR) is 75.1 cm³/mol. The molecular weight excluding hydrogens is 255 g/mol. The van der Waals surface area contributed by atoms with E-state index in [4.69, 9.17) is 0 Å². The highest BCUT2D eigenvalue weighted by molar-refractivity contribution is 5.45. The van der Waals surface area contributed by atoms with Crippen molar-refractivity contribution in [3.63, 3.8) is 0 Å². The number of aliphatic hydroxyl groups excluding tert-OH is 2. The molecule has 0 fully saturated rings. The summed E-state index contributed by atoms with van der Waals surface area (Å²) in [5.74, 6) is -0.182. The number of halogens is 1. The smallest absolute Gasteiger partial charge is 0.123 e. The fraction of sp³-hybridized carbons (Fsp3) is 0.294. The van der Waals surface area contributed by atoms with Gasteiger partial charge in [-0.25, -0.2) is 4.39 Å². The second-order valence-electron chi connectivity index (χ2n) is 5.29.